The van der Waals surface area contributed by atoms with Crippen molar-refractivity contribution in [1.29, 1.82) is 0 Å². The summed E-state index contributed by atoms with van der Waals surface area (Å²) < 4.78 is 38.5. The average molecular weight is 473 g/mol. The molecule has 9 nitrogen and oxygen atoms in total. The van der Waals surface area contributed by atoms with Crippen molar-refractivity contribution in [2.24, 2.45) is 0 Å². The summed E-state index contributed by atoms with van der Waals surface area (Å²) in [7, 11) is 0. The van der Waals surface area contributed by atoms with Crippen molar-refractivity contribution in [3.05, 3.63) is 56.4 Å². The van der Waals surface area contributed by atoms with Crippen LogP contribution in [0.1, 0.15) is 31.9 Å². The van der Waals surface area contributed by atoms with E-state index in [2.05, 4.69) is 9.88 Å². The molecule has 33 heavy (non-hydrogen) atoms. The lowest BCUT2D eigenvalue weighted by Crippen LogP contribution is -2.35. The molecule has 0 atom stereocenters. The smallest absolute Gasteiger partial charge is 0.490 e. The van der Waals surface area contributed by atoms with E-state index in [-0.39, 0.29) is 11.2 Å². The number of hydrogen-bond donors (Lipinski definition) is 3. The molecule has 1 saturated heterocycles. The van der Waals surface area contributed by atoms with Crippen molar-refractivity contribution in [1.82, 2.24) is 14.5 Å². The molecule has 0 radical (unpaired) electrons. The van der Waals surface area contributed by atoms with E-state index in [1.54, 1.807) is 12.1 Å². The Balaban J connectivity index is 0.000000479. The van der Waals surface area contributed by atoms with Gasteiger partial charge in [0.15, 0.2) is 0 Å². The minimum absolute atomic E-state index is 0.255. The number of aromatic amines is 1. The number of aromatic hydroxyl groups is 1. The van der Waals surface area contributed by atoms with Crippen LogP contribution in [0.5, 0.6) is 5.75 Å². The van der Waals surface area contributed by atoms with Gasteiger partial charge in [0, 0.05) is 43.0 Å². The van der Waals surface area contributed by atoms with E-state index in [4.69, 9.17) is 14.6 Å². The summed E-state index contributed by atoms with van der Waals surface area (Å²) in [5, 5.41) is 18.0. The van der Waals surface area contributed by atoms with Gasteiger partial charge in [0.2, 0.25) is 0 Å². The Hall–Kier alpha value is -3.12. The van der Waals surface area contributed by atoms with Crippen LogP contribution in [0.2, 0.25) is 0 Å². The number of aliphatic carboxylic acids is 1. The van der Waals surface area contributed by atoms with Gasteiger partial charge < -0.3 is 14.9 Å². The van der Waals surface area contributed by atoms with Crippen LogP contribution < -0.4 is 11.2 Å². The Bertz CT molecular complexity index is 1100. The molecule has 0 unspecified atom stereocenters. The lowest BCUT2D eigenvalue weighted by Gasteiger charge is -2.29. The van der Waals surface area contributed by atoms with Crippen molar-refractivity contribution in [2.45, 2.75) is 38.9 Å². The van der Waals surface area contributed by atoms with Gasteiger partial charge in [-0.2, -0.15) is 13.2 Å². The monoisotopic (exact) mass is 473 g/mol. The summed E-state index contributed by atoms with van der Waals surface area (Å²) >= 11 is 0. The van der Waals surface area contributed by atoms with Crippen molar-refractivity contribution < 1.29 is 32.9 Å². The molecule has 0 spiro atoms. The summed E-state index contributed by atoms with van der Waals surface area (Å²) in [5.41, 5.74) is 0.905. The fraction of sp³-hybridized carbons (Fsp3) is 0.476. The number of nitrogens with one attached hydrogen (secondary N) is 1. The first-order chi connectivity index (χ1) is 15.2. The van der Waals surface area contributed by atoms with Crippen LogP contribution in [-0.4, -0.2) is 63.1 Å². The highest BCUT2D eigenvalue weighted by Crippen LogP contribution is 2.36. The molecule has 3 N–H and O–H groups in total. The fourth-order valence-electron chi connectivity index (χ4n) is 3.13. The van der Waals surface area contributed by atoms with E-state index in [9.17, 15) is 27.9 Å². The lowest BCUT2D eigenvalue weighted by molar-refractivity contribution is -0.192. The quantitative estimate of drug-likeness (QED) is 0.623. The molecule has 0 bridgehead atoms. The first kappa shape index (κ1) is 26.1. The summed E-state index contributed by atoms with van der Waals surface area (Å²) in [6.07, 6.45) is -3.63. The Morgan fingerprint density at radius 3 is 2.21 bits per heavy atom. The number of benzene rings is 1. The number of phenols is 1. The molecule has 12 heteroatoms. The molecular formula is C21H26F3N3O6. The number of morpholine rings is 1. The number of hydrogen-bond acceptors (Lipinski definition) is 6. The number of alkyl halides is 3. The number of carboxylic acids is 1. The predicted molar refractivity (Wildman–Crippen MR) is 113 cm³/mol. The number of H-pyrrole nitrogens is 1. The number of ether oxygens (including phenoxy) is 1. The highest BCUT2D eigenvalue weighted by Gasteiger charge is 2.38. The Labute approximate surface area is 187 Å². The standard InChI is InChI=1S/C19H25N3O4.C2HF3O2/c1-19(2,3)15-11-14(22-5-4-16(23)20-18(22)25)10-13(17(15)24)12-21-6-8-26-9-7-21;3-2(4,5)1(6)7/h4-5,10-11,24H,6-9,12H2,1-3H3,(H,20,23,25);(H,6,7). The molecular weight excluding hydrogens is 447 g/mol. The van der Waals surface area contributed by atoms with Gasteiger partial charge in [0.05, 0.1) is 18.9 Å². The molecule has 2 heterocycles. The molecule has 1 aromatic heterocycles. The molecule has 0 amide bonds. The fourth-order valence-corrected chi connectivity index (χ4v) is 3.13. The average Bonchev–Trinajstić information content (AvgIpc) is 2.69. The molecule has 1 aliphatic heterocycles. The third kappa shape index (κ3) is 7.19. The van der Waals surface area contributed by atoms with E-state index in [0.717, 1.165) is 24.2 Å². The maximum absolute atomic E-state index is 12.2. The van der Waals surface area contributed by atoms with Gasteiger partial charge in [-0.1, -0.05) is 20.8 Å². The molecule has 1 aromatic carbocycles. The van der Waals surface area contributed by atoms with E-state index in [1.807, 2.05) is 20.8 Å². The Morgan fingerprint density at radius 2 is 1.73 bits per heavy atom. The van der Waals surface area contributed by atoms with Gasteiger partial charge in [-0.05, 0) is 17.5 Å². The SMILES string of the molecule is CC(C)(C)c1cc(-n2ccc(=O)[nH]c2=O)cc(CN2CCOCC2)c1O.O=C(O)C(F)(F)F. The summed E-state index contributed by atoms with van der Waals surface area (Å²) in [5.74, 6) is -2.50. The molecule has 1 aliphatic rings. The van der Waals surface area contributed by atoms with Gasteiger partial charge in [-0.15, -0.1) is 0 Å². The van der Waals surface area contributed by atoms with Gasteiger partial charge in [0.25, 0.3) is 5.56 Å². The van der Waals surface area contributed by atoms with E-state index in [0.29, 0.717) is 25.4 Å². The minimum atomic E-state index is -5.08. The predicted octanol–water partition coefficient (Wildman–Crippen LogP) is 1.99. The maximum Gasteiger partial charge on any atom is 0.490 e. The molecule has 3 rings (SSSR count). The minimum Gasteiger partial charge on any atom is -0.507 e. The topological polar surface area (TPSA) is 125 Å². The van der Waals surface area contributed by atoms with Crippen LogP contribution in [0, 0.1) is 0 Å². The molecule has 182 valence electrons. The van der Waals surface area contributed by atoms with Gasteiger partial charge >= 0.3 is 17.8 Å². The van der Waals surface area contributed by atoms with E-state index < -0.39 is 23.4 Å². The zero-order chi connectivity index (χ0) is 25.0. The molecule has 2 aromatic rings. The third-order valence-electron chi connectivity index (χ3n) is 4.82. The van der Waals surface area contributed by atoms with Crippen LogP contribution >= 0.6 is 0 Å². The highest BCUT2D eigenvalue weighted by atomic mass is 19.4. The number of carbonyl (C=O) groups is 1. The van der Waals surface area contributed by atoms with Crippen molar-refractivity contribution >= 4 is 5.97 Å². The Kier molecular flexibility index (Phi) is 8.09. The highest BCUT2D eigenvalue weighted by molar-refractivity contribution is 5.73. The van der Waals surface area contributed by atoms with Crippen molar-refractivity contribution in [3.8, 4) is 11.4 Å². The largest absolute Gasteiger partial charge is 0.507 e. The van der Waals surface area contributed by atoms with Crippen molar-refractivity contribution in [3.63, 3.8) is 0 Å². The molecule has 1 fully saturated rings. The van der Waals surface area contributed by atoms with Crippen LogP contribution in [0.15, 0.2) is 34.0 Å². The van der Waals surface area contributed by atoms with Crippen LogP contribution in [0.3, 0.4) is 0 Å². The Morgan fingerprint density at radius 1 is 1.15 bits per heavy atom. The number of rotatable bonds is 3. The molecule has 0 saturated carbocycles. The van der Waals surface area contributed by atoms with Gasteiger partial charge in [-0.3, -0.25) is 19.2 Å². The number of phenolic OH excluding ortho intramolecular Hbond substituents is 1. The second kappa shape index (κ2) is 10.2. The van der Waals surface area contributed by atoms with E-state index >= 15 is 0 Å². The van der Waals surface area contributed by atoms with Gasteiger partial charge in [-0.25, -0.2) is 9.59 Å². The zero-order valence-electron chi connectivity index (χ0n) is 18.4. The summed E-state index contributed by atoms with van der Waals surface area (Å²) in [6.45, 7) is 9.56. The second-order valence-corrected chi connectivity index (χ2v) is 8.42. The summed E-state index contributed by atoms with van der Waals surface area (Å²) in [4.78, 5) is 36.9. The maximum atomic E-state index is 12.2. The number of aromatic nitrogens is 2. The van der Waals surface area contributed by atoms with E-state index in [1.165, 1.54) is 16.8 Å². The number of nitrogens with zero attached hydrogens (tertiary/aromatic N) is 2. The summed E-state index contributed by atoms with van der Waals surface area (Å²) in [6, 6.07) is 4.92. The first-order valence-electron chi connectivity index (χ1n) is 9.99. The normalized spacial score (nSPS) is 15.0. The van der Waals surface area contributed by atoms with Crippen LogP contribution in [-0.2, 0) is 21.5 Å². The second-order valence-electron chi connectivity index (χ2n) is 8.42. The number of carboxylic acid groups (broad SMARTS) is 1. The van der Waals surface area contributed by atoms with Crippen LogP contribution in [0.25, 0.3) is 5.69 Å². The van der Waals surface area contributed by atoms with Crippen molar-refractivity contribution in [2.75, 3.05) is 26.3 Å². The molecule has 0 aliphatic carbocycles. The van der Waals surface area contributed by atoms with Gasteiger partial charge in [0.1, 0.15) is 5.75 Å². The zero-order valence-corrected chi connectivity index (χ0v) is 18.4. The number of halogens is 3. The first-order valence-corrected chi connectivity index (χ1v) is 9.99. The lowest BCUT2D eigenvalue weighted by atomic mass is 9.84. The third-order valence-corrected chi connectivity index (χ3v) is 4.82. The van der Waals surface area contributed by atoms with Crippen LogP contribution in [0.4, 0.5) is 13.2 Å².